The summed E-state index contributed by atoms with van der Waals surface area (Å²) in [5.41, 5.74) is 1.92. The molecule has 1 nitrogen and oxygen atoms in total. The second-order valence-electron chi connectivity index (χ2n) is 4.51. The van der Waals surface area contributed by atoms with Gasteiger partial charge in [0.05, 0.1) is 11.7 Å². The van der Waals surface area contributed by atoms with Crippen molar-refractivity contribution in [3.63, 3.8) is 0 Å². The molecule has 1 atom stereocenters. The number of nitrogens with one attached hydrogen (secondary N) is 1. The van der Waals surface area contributed by atoms with E-state index in [1.807, 2.05) is 0 Å². The minimum Gasteiger partial charge on any atom is -0.376 e. The maximum Gasteiger partial charge on any atom is 0.146 e. The molecular formula is C14H13BrFNS. The van der Waals surface area contributed by atoms with E-state index in [2.05, 4.69) is 32.7 Å². The van der Waals surface area contributed by atoms with Crippen molar-refractivity contribution in [2.45, 2.75) is 25.3 Å². The summed E-state index contributed by atoms with van der Waals surface area (Å²) in [5.74, 6) is -0.194. The Morgan fingerprint density at radius 2 is 2.22 bits per heavy atom. The topological polar surface area (TPSA) is 12.0 Å². The lowest BCUT2D eigenvalue weighted by Crippen LogP contribution is -2.16. The minimum absolute atomic E-state index is 0.194. The molecule has 0 saturated carbocycles. The first kappa shape index (κ1) is 12.2. The van der Waals surface area contributed by atoms with Crippen molar-refractivity contribution < 1.29 is 4.39 Å². The van der Waals surface area contributed by atoms with Crippen molar-refractivity contribution >= 4 is 33.0 Å². The number of halogens is 2. The van der Waals surface area contributed by atoms with Crippen molar-refractivity contribution in [1.29, 1.82) is 0 Å². The van der Waals surface area contributed by atoms with Gasteiger partial charge in [-0.25, -0.2) is 4.39 Å². The van der Waals surface area contributed by atoms with Crippen molar-refractivity contribution in [2.24, 2.45) is 0 Å². The molecule has 1 aromatic heterocycles. The molecular weight excluding hydrogens is 313 g/mol. The van der Waals surface area contributed by atoms with Crippen LogP contribution in [0.3, 0.4) is 0 Å². The standard InChI is InChI=1S/C14H13BrFNS/c15-9-4-5-11(16)13(8-9)17-12-2-1-3-14-10(12)6-7-18-14/h4-8,12,17H,1-3H2. The number of anilines is 1. The number of thiophene rings is 1. The highest BCUT2D eigenvalue weighted by Gasteiger charge is 2.21. The summed E-state index contributed by atoms with van der Waals surface area (Å²) in [7, 11) is 0. The molecule has 0 saturated heterocycles. The van der Waals surface area contributed by atoms with Crippen LogP contribution in [0.4, 0.5) is 10.1 Å². The number of hydrogen-bond donors (Lipinski definition) is 1. The summed E-state index contributed by atoms with van der Waals surface area (Å²) >= 11 is 5.18. The molecule has 0 radical (unpaired) electrons. The quantitative estimate of drug-likeness (QED) is 0.806. The molecule has 0 aliphatic heterocycles. The van der Waals surface area contributed by atoms with Crippen LogP contribution in [-0.4, -0.2) is 0 Å². The van der Waals surface area contributed by atoms with Gasteiger partial charge in [0.25, 0.3) is 0 Å². The van der Waals surface area contributed by atoms with Gasteiger partial charge in [0.15, 0.2) is 0 Å². The average Bonchev–Trinajstić information content (AvgIpc) is 2.83. The lowest BCUT2D eigenvalue weighted by atomic mass is 9.94. The molecule has 1 unspecified atom stereocenters. The zero-order chi connectivity index (χ0) is 12.5. The van der Waals surface area contributed by atoms with Crippen LogP contribution in [-0.2, 0) is 6.42 Å². The lowest BCUT2D eigenvalue weighted by molar-refractivity contribution is 0.592. The van der Waals surface area contributed by atoms with Crippen LogP contribution in [0.25, 0.3) is 0 Å². The molecule has 1 aromatic carbocycles. The third-order valence-electron chi connectivity index (χ3n) is 3.31. The Morgan fingerprint density at radius 3 is 3.11 bits per heavy atom. The zero-order valence-electron chi connectivity index (χ0n) is 9.75. The molecule has 1 aliphatic carbocycles. The molecule has 94 valence electrons. The van der Waals surface area contributed by atoms with E-state index in [0.29, 0.717) is 5.69 Å². The monoisotopic (exact) mass is 325 g/mol. The lowest BCUT2D eigenvalue weighted by Gasteiger charge is -2.25. The Hall–Kier alpha value is -0.870. The van der Waals surface area contributed by atoms with E-state index in [1.165, 1.54) is 22.9 Å². The molecule has 2 aromatic rings. The predicted molar refractivity (Wildman–Crippen MR) is 77.7 cm³/mol. The van der Waals surface area contributed by atoms with Crippen LogP contribution >= 0.6 is 27.3 Å². The van der Waals surface area contributed by atoms with E-state index in [4.69, 9.17) is 0 Å². The number of aryl methyl sites for hydroxylation is 1. The van der Waals surface area contributed by atoms with Crippen molar-refractivity contribution in [2.75, 3.05) is 5.32 Å². The maximum atomic E-state index is 13.7. The summed E-state index contributed by atoms with van der Waals surface area (Å²) in [6.45, 7) is 0. The molecule has 0 spiro atoms. The molecule has 1 N–H and O–H groups in total. The molecule has 4 heteroatoms. The number of fused-ring (bicyclic) bond motifs is 1. The summed E-state index contributed by atoms with van der Waals surface area (Å²) in [4.78, 5) is 1.44. The molecule has 3 rings (SSSR count). The van der Waals surface area contributed by atoms with E-state index in [-0.39, 0.29) is 11.9 Å². The summed E-state index contributed by atoms with van der Waals surface area (Å²) < 4.78 is 14.6. The fourth-order valence-corrected chi connectivity index (χ4v) is 3.78. The normalized spacial score (nSPS) is 18.4. The second-order valence-corrected chi connectivity index (χ2v) is 6.43. The van der Waals surface area contributed by atoms with E-state index in [1.54, 1.807) is 23.5 Å². The highest BCUT2D eigenvalue weighted by molar-refractivity contribution is 9.10. The number of rotatable bonds is 2. The van der Waals surface area contributed by atoms with Gasteiger partial charge in [-0.05, 0) is 54.5 Å². The fourth-order valence-electron chi connectivity index (χ4n) is 2.43. The van der Waals surface area contributed by atoms with E-state index in [0.717, 1.165) is 17.3 Å². The first-order valence-electron chi connectivity index (χ1n) is 6.02. The minimum atomic E-state index is -0.194. The van der Waals surface area contributed by atoms with Crippen LogP contribution < -0.4 is 5.32 Å². The molecule has 0 fully saturated rings. The fraction of sp³-hybridized carbons (Fsp3) is 0.286. The van der Waals surface area contributed by atoms with Crippen molar-refractivity contribution in [1.82, 2.24) is 0 Å². The van der Waals surface area contributed by atoms with Crippen LogP contribution in [0.5, 0.6) is 0 Å². The summed E-state index contributed by atoms with van der Waals surface area (Å²) in [6, 6.07) is 7.41. The average molecular weight is 326 g/mol. The summed E-state index contributed by atoms with van der Waals surface area (Å²) in [5, 5.41) is 5.46. The van der Waals surface area contributed by atoms with Gasteiger partial charge in [0, 0.05) is 9.35 Å². The molecule has 1 aliphatic rings. The van der Waals surface area contributed by atoms with Gasteiger partial charge in [-0.2, -0.15) is 0 Å². The Bertz CT molecular complexity index is 567. The largest absolute Gasteiger partial charge is 0.376 e. The predicted octanol–water partition coefficient (Wildman–Crippen LogP) is 5.14. The van der Waals surface area contributed by atoms with E-state index < -0.39 is 0 Å². The van der Waals surface area contributed by atoms with Crippen LogP contribution in [0.15, 0.2) is 34.1 Å². The first-order chi connectivity index (χ1) is 8.74. The molecule has 0 amide bonds. The highest BCUT2D eigenvalue weighted by Crippen LogP contribution is 2.36. The van der Waals surface area contributed by atoms with Crippen LogP contribution in [0.2, 0.25) is 0 Å². The Labute approximate surface area is 118 Å². The van der Waals surface area contributed by atoms with Gasteiger partial charge < -0.3 is 5.32 Å². The van der Waals surface area contributed by atoms with Crippen molar-refractivity contribution in [3.8, 4) is 0 Å². The summed E-state index contributed by atoms with van der Waals surface area (Å²) in [6.07, 6.45) is 3.39. The van der Waals surface area contributed by atoms with Gasteiger partial charge in [0.2, 0.25) is 0 Å². The number of benzene rings is 1. The first-order valence-corrected chi connectivity index (χ1v) is 7.69. The molecule has 1 heterocycles. The molecule has 0 bridgehead atoms. The zero-order valence-corrected chi connectivity index (χ0v) is 12.2. The molecule has 18 heavy (non-hydrogen) atoms. The third-order valence-corrected chi connectivity index (χ3v) is 4.80. The smallest absolute Gasteiger partial charge is 0.146 e. The van der Waals surface area contributed by atoms with Crippen molar-refractivity contribution in [3.05, 3.63) is 50.4 Å². The Morgan fingerprint density at radius 1 is 1.33 bits per heavy atom. The SMILES string of the molecule is Fc1ccc(Br)cc1NC1CCCc2sccc21. The van der Waals surface area contributed by atoms with E-state index in [9.17, 15) is 4.39 Å². The van der Waals surface area contributed by atoms with Gasteiger partial charge in [-0.15, -0.1) is 11.3 Å². The van der Waals surface area contributed by atoms with Crippen LogP contribution in [0.1, 0.15) is 29.3 Å². The van der Waals surface area contributed by atoms with Gasteiger partial charge in [-0.1, -0.05) is 15.9 Å². The Balaban J connectivity index is 1.88. The third kappa shape index (κ3) is 2.31. The van der Waals surface area contributed by atoms with E-state index >= 15 is 0 Å². The van der Waals surface area contributed by atoms with Gasteiger partial charge in [-0.3, -0.25) is 0 Å². The second kappa shape index (κ2) is 5.02. The number of hydrogen-bond acceptors (Lipinski definition) is 2. The van der Waals surface area contributed by atoms with Gasteiger partial charge in [0.1, 0.15) is 5.82 Å². The maximum absolute atomic E-state index is 13.7. The van der Waals surface area contributed by atoms with Crippen LogP contribution in [0, 0.1) is 5.82 Å². The van der Waals surface area contributed by atoms with Gasteiger partial charge >= 0.3 is 0 Å². The Kier molecular flexibility index (Phi) is 3.39. The highest BCUT2D eigenvalue weighted by atomic mass is 79.9.